The number of thioether (sulfide) groups is 1. The van der Waals surface area contributed by atoms with Crippen LogP contribution in [-0.2, 0) is 4.79 Å². The van der Waals surface area contributed by atoms with E-state index in [2.05, 4.69) is 15.5 Å². The molecule has 17 heavy (non-hydrogen) atoms. The Kier molecular flexibility index (Phi) is 5.25. The van der Waals surface area contributed by atoms with Crippen LogP contribution in [0.1, 0.15) is 38.5 Å². The molecule has 1 aromatic heterocycles. The van der Waals surface area contributed by atoms with Crippen LogP contribution in [0, 0.1) is 0 Å². The number of amides is 1. The van der Waals surface area contributed by atoms with Gasteiger partial charge in [-0.1, -0.05) is 48.8 Å². The molecule has 1 fully saturated rings. The molecule has 1 aromatic rings. The molecule has 6 heteroatoms. The van der Waals surface area contributed by atoms with Gasteiger partial charge in [-0.3, -0.25) is 4.79 Å². The van der Waals surface area contributed by atoms with Gasteiger partial charge in [-0.2, -0.15) is 0 Å². The summed E-state index contributed by atoms with van der Waals surface area (Å²) in [5.41, 5.74) is 1.69. The second kappa shape index (κ2) is 6.96. The van der Waals surface area contributed by atoms with E-state index in [0.717, 1.165) is 17.2 Å². The molecule has 2 rings (SSSR count). The van der Waals surface area contributed by atoms with Gasteiger partial charge in [0, 0.05) is 6.04 Å². The lowest BCUT2D eigenvalue weighted by atomic mass is 10.1. The van der Waals surface area contributed by atoms with Crippen molar-refractivity contribution in [2.45, 2.75) is 48.9 Å². The fourth-order valence-electron chi connectivity index (χ4n) is 2.05. The van der Waals surface area contributed by atoms with E-state index in [1.165, 1.54) is 48.8 Å². The lowest BCUT2D eigenvalue weighted by Gasteiger charge is -2.15. The minimum atomic E-state index is 0.122. The highest BCUT2D eigenvalue weighted by Crippen LogP contribution is 2.20. The summed E-state index contributed by atoms with van der Waals surface area (Å²) in [6.45, 7) is 0. The van der Waals surface area contributed by atoms with Crippen molar-refractivity contribution in [2.75, 3.05) is 5.75 Å². The van der Waals surface area contributed by atoms with Crippen LogP contribution < -0.4 is 5.32 Å². The first-order valence-corrected chi connectivity index (χ1v) is 7.89. The van der Waals surface area contributed by atoms with E-state index in [1.807, 2.05) is 0 Å². The fraction of sp³-hybridized carbons (Fsp3) is 0.727. The molecule has 0 atom stereocenters. The zero-order valence-corrected chi connectivity index (χ0v) is 11.4. The first-order chi connectivity index (χ1) is 8.34. The van der Waals surface area contributed by atoms with E-state index >= 15 is 0 Å². The van der Waals surface area contributed by atoms with E-state index in [4.69, 9.17) is 0 Å². The third-order valence-electron chi connectivity index (χ3n) is 2.89. The van der Waals surface area contributed by atoms with E-state index in [1.54, 1.807) is 5.51 Å². The van der Waals surface area contributed by atoms with Crippen molar-refractivity contribution in [3.05, 3.63) is 5.51 Å². The third kappa shape index (κ3) is 4.63. The van der Waals surface area contributed by atoms with Crippen LogP contribution in [-0.4, -0.2) is 27.9 Å². The summed E-state index contributed by atoms with van der Waals surface area (Å²) in [7, 11) is 0. The van der Waals surface area contributed by atoms with Crippen molar-refractivity contribution in [3.63, 3.8) is 0 Å². The molecule has 94 valence electrons. The van der Waals surface area contributed by atoms with Crippen molar-refractivity contribution < 1.29 is 4.79 Å². The van der Waals surface area contributed by atoms with Gasteiger partial charge in [-0.05, 0) is 12.8 Å². The topological polar surface area (TPSA) is 54.9 Å². The Bertz CT molecular complexity index is 334. The predicted octanol–water partition coefficient (Wildman–Crippen LogP) is 2.47. The third-order valence-corrected chi connectivity index (χ3v) is 4.75. The summed E-state index contributed by atoms with van der Waals surface area (Å²) in [6, 6.07) is 0.389. The number of hydrogen-bond donors (Lipinski definition) is 1. The summed E-state index contributed by atoms with van der Waals surface area (Å²) >= 11 is 2.94. The molecule has 0 spiro atoms. The van der Waals surface area contributed by atoms with Crippen molar-refractivity contribution in [2.24, 2.45) is 0 Å². The lowest BCUT2D eigenvalue weighted by molar-refractivity contribution is -0.119. The van der Waals surface area contributed by atoms with Gasteiger partial charge in [0.2, 0.25) is 5.91 Å². The van der Waals surface area contributed by atoms with Gasteiger partial charge in [0.25, 0.3) is 0 Å². The SMILES string of the molecule is O=C(CSc1nncs1)NC1CCCCCC1. The Morgan fingerprint density at radius 3 is 2.82 bits per heavy atom. The molecular weight excluding hydrogens is 254 g/mol. The smallest absolute Gasteiger partial charge is 0.230 e. The number of hydrogen-bond acceptors (Lipinski definition) is 5. The Morgan fingerprint density at radius 2 is 2.18 bits per heavy atom. The maximum absolute atomic E-state index is 11.7. The zero-order valence-electron chi connectivity index (χ0n) is 9.72. The molecule has 1 aliphatic carbocycles. The van der Waals surface area contributed by atoms with Crippen molar-refractivity contribution in [1.29, 1.82) is 0 Å². The average Bonchev–Trinajstić information content (AvgIpc) is 2.72. The lowest BCUT2D eigenvalue weighted by Crippen LogP contribution is -2.35. The summed E-state index contributed by atoms with van der Waals surface area (Å²) in [5, 5.41) is 10.8. The first-order valence-electron chi connectivity index (χ1n) is 6.03. The Morgan fingerprint density at radius 1 is 1.41 bits per heavy atom. The Balaban J connectivity index is 1.69. The molecule has 1 amide bonds. The van der Waals surface area contributed by atoms with Gasteiger partial charge in [-0.15, -0.1) is 10.2 Å². The Hall–Kier alpha value is -0.620. The molecule has 0 aliphatic heterocycles. The summed E-state index contributed by atoms with van der Waals surface area (Å²) in [4.78, 5) is 11.7. The molecule has 1 saturated carbocycles. The van der Waals surface area contributed by atoms with Gasteiger partial charge in [-0.25, -0.2) is 0 Å². The number of nitrogens with zero attached hydrogens (tertiary/aromatic N) is 2. The normalized spacial score (nSPS) is 17.6. The predicted molar refractivity (Wildman–Crippen MR) is 70.3 cm³/mol. The van der Waals surface area contributed by atoms with Crippen molar-refractivity contribution in [1.82, 2.24) is 15.5 Å². The van der Waals surface area contributed by atoms with Crippen LogP contribution in [0.15, 0.2) is 9.85 Å². The van der Waals surface area contributed by atoms with E-state index in [-0.39, 0.29) is 5.91 Å². The molecule has 1 N–H and O–H groups in total. The van der Waals surface area contributed by atoms with Crippen LogP contribution in [0.2, 0.25) is 0 Å². The largest absolute Gasteiger partial charge is 0.353 e. The van der Waals surface area contributed by atoms with Crippen LogP contribution in [0.5, 0.6) is 0 Å². The number of carbonyl (C=O) groups excluding carboxylic acids is 1. The first kappa shape index (κ1) is 12.8. The fourth-order valence-corrected chi connectivity index (χ4v) is 3.35. The van der Waals surface area contributed by atoms with Crippen LogP contribution in [0.4, 0.5) is 0 Å². The molecular formula is C11H17N3OS2. The number of rotatable bonds is 4. The van der Waals surface area contributed by atoms with Crippen molar-refractivity contribution in [3.8, 4) is 0 Å². The van der Waals surface area contributed by atoms with Crippen LogP contribution in [0.25, 0.3) is 0 Å². The summed E-state index contributed by atoms with van der Waals surface area (Å²) in [5.74, 6) is 0.572. The summed E-state index contributed by atoms with van der Waals surface area (Å²) < 4.78 is 0.862. The highest BCUT2D eigenvalue weighted by Gasteiger charge is 2.14. The monoisotopic (exact) mass is 271 g/mol. The van der Waals surface area contributed by atoms with Gasteiger partial charge in [0.1, 0.15) is 5.51 Å². The second-order valence-corrected chi connectivity index (χ2v) is 6.31. The molecule has 4 nitrogen and oxygen atoms in total. The molecule has 1 heterocycles. The second-order valence-electron chi connectivity index (χ2n) is 4.25. The van der Waals surface area contributed by atoms with Gasteiger partial charge >= 0.3 is 0 Å². The molecule has 0 aromatic carbocycles. The molecule has 0 bridgehead atoms. The number of aromatic nitrogens is 2. The standard InChI is InChI=1S/C11H17N3OS2/c15-10(7-16-11-14-12-8-17-11)13-9-5-3-1-2-4-6-9/h8-9H,1-7H2,(H,13,15). The maximum Gasteiger partial charge on any atom is 0.230 e. The minimum Gasteiger partial charge on any atom is -0.353 e. The molecule has 0 unspecified atom stereocenters. The van der Waals surface area contributed by atoms with Gasteiger partial charge in [0.05, 0.1) is 5.75 Å². The average molecular weight is 271 g/mol. The van der Waals surface area contributed by atoms with Crippen LogP contribution >= 0.6 is 23.1 Å². The van der Waals surface area contributed by atoms with Gasteiger partial charge in [0.15, 0.2) is 4.34 Å². The number of nitrogens with one attached hydrogen (secondary N) is 1. The van der Waals surface area contributed by atoms with Crippen LogP contribution in [0.3, 0.4) is 0 Å². The summed E-state index contributed by atoms with van der Waals surface area (Å²) in [6.07, 6.45) is 7.38. The van der Waals surface area contributed by atoms with E-state index in [9.17, 15) is 4.79 Å². The maximum atomic E-state index is 11.7. The Labute approximate surface area is 110 Å². The minimum absolute atomic E-state index is 0.122. The van der Waals surface area contributed by atoms with Gasteiger partial charge < -0.3 is 5.32 Å². The molecule has 0 saturated heterocycles. The highest BCUT2D eigenvalue weighted by molar-refractivity contribution is 8.01. The van der Waals surface area contributed by atoms with Crippen molar-refractivity contribution >= 4 is 29.0 Å². The molecule has 1 aliphatic rings. The zero-order chi connectivity index (χ0) is 11.9. The quantitative estimate of drug-likeness (QED) is 0.675. The van der Waals surface area contributed by atoms with E-state index < -0.39 is 0 Å². The molecule has 0 radical (unpaired) electrons. The highest BCUT2D eigenvalue weighted by atomic mass is 32.2. The van der Waals surface area contributed by atoms with E-state index in [0.29, 0.717) is 11.8 Å². The number of carbonyl (C=O) groups is 1.